The van der Waals surface area contributed by atoms with Crippen LogP contribution in [0.4, 0.5) is 5.69 Å². The van der Waals surface area contributed by atoms with Crippen molar-refractivity contribution in [1.29, 1.82) is 0 Å². The molecule has 0 saturated carbocycles. The summed E-state index contributed by atoms with van der Waals surface area (Å²) in [6.07, 6.45) is 5.68. The van der Waals surface area contributed by atoms with Crippen LogP contribution >= 0.6 is 0 Å². The van der Waals surface area contributed by atoms with E-state index in [2.05, 4.69) is 15.0 Å². The van der Waals surface area contributed by atoms with Gasteiger partial charge in [0.05, 0.1) is 16.8 Å². The largest absolute Gasteiger partial charge is 0.396 e. The lowest BCUT2D eigenvalue weighted by Crippen LogP contribution is -2.10. The number of nitrogens with two attached hydrogens (primary N) is 1. The van der Waals surface area contributed by atoms with E-state index in [1.54, 1.807) is 6.07 Å². The van der Waals surface area contributed by atoms with Gasteiger partial charge >= 0.3 is 0 Å². The van der Waals surface area contributed by atoms with Crippen molar-refractivity contribution < 1.29 is 8.42 Å². The highest BCUT2D eigenvalue weighted by Gasteiger charge is 2.19. The fourth-order valence-electron chi connectivity index (χ4n) is 1.33. The van der Waals surface area contributed by atoms with Gasteiger partial charge in [-0.25, -0.2) is 18.4 Å². The van der Waals surface area contributed by atoms with Gasteiger partial charge in [0.25, 0.3) is 0 Å². The molecule has 0 radical (unpaired) electrons. The predicted octanol–water partition coefficient (Wildman–Crippen LogP) is 0.428. The van der Waals surface area contributed by atoms with Gasteiger partial charge in [0.15, 0.2) is 9.84 Å². The molecule has 0 atom stereocenters. The summed E-state index contributed by atoms with van der Waals surface area (Å²) >= 11 is 0. The SMILES string of the molecule is Nc1cnccc1S(=O)(=O)Cc1ncccn1. The van der Waals surface area contributed by atoms with Crippen molar-refractivity contribution in [1.82, 2.24) is 15.0 Å². The van der Waals surface area contributed by atoms with Gasteiger partial charge in [-0.1, -0.05) is 0 Å². The van der Waals surface area contributed by atoms with Gasteiger partial charge < -0.3 is 5.73 Å². The van der Waals surface area contributed by atoms with Crippen molar-refractivity contribution in [3.63, 3.8) is 0 Å². The maximum Gasteiger partial charge on any atom is 0.187 e. The molecular weight excluding hydrogens is 240 g/mol. The van der Waals surface area contributed by atoms with E-state index in [4.69, 9.17) is 5.73 Å². The van der Waals surface area contributed by atoms with E-state index in [1.165, 1.54) is 30.9 Å². The lowest BCUT2D eigenvalue weighted by atomic mass is 10.4. The Kier molecular flexibility index (Phi) is 3.01. The molecule has 0 aliphatic rings. The van der Waals surface area contributed by atoms with Gasteiger partial charge in [0.2, 0.25) is 0 Å². The molecule has 2 heterocycles. The third-order valence-corrected chi connectivity index (χ3v) is 3.76. The van der Waals surface area contributed by atoms with Crippen LogP contribution in [0.15, 0.2) is 41.8 Å². The van der Waals surface area contributed by atoms with Crippen LogP contribution < -0.4 is 5.73 Å². The number of anilines is 1. The second-order valence-electron chi connectivity index (χ2n) is 3.34. The summed E-state index contributed by atoms with van der Waals surface area (Å²) in [5.74, 6) is -0.0362. The summed E-state index contributed by atoms with van der Waals surface area (Å²) in [4.78, 5) is 11.5. The molecular formula is C10H10N4O2S. The molecule has 0 saturated heterocycles. The van der Waals surface area contributed by atoms with Crippen molar-refractivity contribution in [2.75, 3.05) is 5.73 Å². The molecule has 0 aromatic carbocycles. The van der Waals surface area contributed by atoms with E-state index in [-0.39, 0.29) is 22.2 Å². The van der Waals surface area contributed by atoms with Gasteiger partial charge in [-0.2, -0.15) is 0 Å². The first kappa shape index (κ1) is 11.5. The number of nitrogen functional groups attached to an aromatic ring is 1. The molecule has 0 bridgehead atoms. The highest BCUT2D eigenvalue weighted by atomic mass is 32.2. The maximum absolute atomic E-state index is 12.0. The minimum atomic E-state index is -3.53. The predicted molar refractivity (Wildman–Crippen MR) is 61.6 cm³/mol. The lowest BCUT2D eigenvalue weighted by Gasteiger charge is -2.05. The van der Waals surface area contributed by atoms with Crippen LogP contribution in [-0.2, 0) is 15.6 Å². The van der Waals surface area contributed by atoms with Crippen LogP contribution in [0, 0.1) is 0 Å². The highest BCUT2D eigenvalue weighted by Crippen LogP contribution is 2.19. The monoisotopic (exact) mass is 250 g/mol. The summed E-state index contributed by atoms with van der Waals surface area (Å²) in [7, 11) is -3.53. The molecule has 2 N–H and O–H groups in total. The molecule has 0 unspecified atom stereocenters. The Hall–Kier alpha value is -2.02. The molecule has 2 aromatic rings. The molecule has 17 heavy (non-hydrogen) atoms. The van der Waals surface area contributed by atoms with E-state index in [9.17, 15) is 8.42 Å². The Morgan fingerprint density at radius 2 is 1.88 bits per heavy atom. The smallest absolute Gasteiger partial charge is 0.187 e. The molecule has 2 aromatic heterocycles. The van der Waals surface area contributed by atoms with Crippen molar-refractivity contribution in [3.8, 4) is 0 Å². The number of sulfone groups is 1. The molecule has 6 nitrogen and oxygen atoms in total. The van der Waals surface area contributed by atoms with E-state index < -0.39 is 9.84 Å². The summed E-state index contributed by atoms with van der Waals surface area (Å²) < 4.78 is 24.1. The van der Waals surface area contributed by atoms with Crippen LogP contribution in [0.25, 0.3) is 0 Å². The Bertz CT molecular complexity index is 613. The molecule has 88 valence electrons. The zero-order valence-corrected chi connectivity index (χ0v) is 9.63. The van der Waals surface area contributed by atoms with Gasteiger partial charge in [-0.05, 0) is 12.1 Å². The minimum Gasteiger partial charge on any atom is -0.396 e. The first-order chi connectivity index (χ1) is 8.09. The lowest BCUT2D eigenvalue weighted by molar-refractivity contribution is 0.594. The summed E-state index contributed by atoms with van der Waals surface area (Å²) in [5.41, 5.74) is 5.71. The zero-order chi connectivity index (χ0) is 12.3. The maximum atomic E-state index is 12.0. The topological polar surface area (TPSA) is 98.8 Å². The number of pyridine rings is 1. The normalized spacial score (nSPS) is 11.3. The first-order valence-corrected chi connectivity index (χ1v) is 6.43. The standard InChI is InChI=1S/C10H10N4O2S/c11-8-6-12-5-2-9(8)17(15,16)7-10-13-3-1-4-14-10/h1-6H,7,11H2. The number of nitrogens with zero attached hydrogens (tertiary/aromatic N) is 3. The van der Waals surface area contributed by atoms with Gasteiger partial charge in [-0.3, -0.25) is 4.98 Å². The Balaban J connectivity index is 2.36. The Morgan fingerprint density at radius 1 is 1.18 bits per heavy atom. The van der Waals surface area contributed by atoms with E-state index in [0.717, 1.165) is 0 Å². The van der Waals surface area contributed by atoms with Crippen molar-refractivity contribution in [2.24, 2.45) is 0 Å². The number of rotatable bonds is 3. The van der Waals surface area contributed by atoms with Gasteiger partial charge in [-0.15, -0.1) is 0 Å². The summed E-state index contributed by atoms with van der Waals surface area (Å²) in [6, 6.07) is 2.99. The first-order valence-electron chi connectivity index (χ1n) is 4.78. The molecule has 2 rings (SSSR count). The van der Waals surface area contributed by atoms with E-state index >= 15 is 0 Å². The zero-order valence-electron chi connectivity index (χ0n) is 8.81. The van der Waals surface area contributed by atoms with Crippen molar-refractivity contribution in [2.45, 2.75) is 10.6 Å². The quantitative estimate of drug-likeness (QED) is 0.848. The van der Waals surface area contributed by atoms with Crippen LogP contribution in [0.1, 0.15) is 5.82 Å². The Labute approximate surface area is 98.5 Å². The highest BCUT2D eigenvalue weighted by molar-refractivity contribution is 7.90. The van der Waals surface area contributed by atoms with Crippen molar-refractivity contribution in [3.05, 3.63) is 42.7 Å². The van der Waals surface area contributed by atoms with Crippen LogP contribution in [0.3, 0.4) is 0 Å². The second-order valence-corrected chi connectivity index (χ2v) is 5.30. The fourth-order valence-corrected chi connectivity index (χ4v) is 2.65. The molecule has 7 heteroatoms. The number of aromatic nitrogens is 3. The van der Waals surface area contributed by atoms with Crippen LogP contribution in [0.2, 0.25) is 0 Å². The third-order valence-electron chi connectivity index (χ3n) is 2.08. The van der Waals surface area contributed by atoms with Gasteiger partial charge in [0.1, 0.15) is 11.6 Å². The Morgan fingerprint density at radius 3 is 2.53 bits per heavy atom. The molecule has 0 aliphatic heterocycles. The summed E-state index contributed by atoms with van der Waals surface area (Å²) in [5, 5.41) is 0. The third kappa shape index (κ3) is 2.56. The molecule has 0 fully saturated rings. The number of hydrogen-bond acceptors (Lipinski definition) is 6. The summed E-state index contributed by atoms with van der Waals surface area (Å²) in [6.45, 7) is 0. The van der Waals surface area contributed by atoms with Crippen molar-refractivity contribution >= 4 is 15.5 Å². The van der Waals surface area contributed by atoms with Crippen LogP contribution in [-0.4, -0.2) is 23.4 Å². The van der Waals surface area contributed by atoms with Gasteiger partial charge in [0, 0.05) is 18.6 Å². The van der Waals surface area contributed by atoms with E-state index in [1.807, 2.05) is 0 Å². The molecule has 0 amide bonds. The fraction of sp³-hybridized carbons (Fsp3) is 0.100. The van der Waals surface area contributed by atoms with Crippen LogP contribution in [0.5, 0.6) is 0 Å². The molecule has 0 spiro atoms. The number of hydrogen-bond donors (Lipinski definition) is 1. The second kappa shape index (κ2) is 4.46. The minimum absolute atomic E-state index is 0.0555. The average Bonchev–Trinajstić information content (AvgIpc) is 2.30. The molecule has 0 aliphatic carbocycles. The van der Waals surface area contributed by atoms with E-state index in [0.29, 0.717) is 0 Å². The average molecular weight is 250 g/mol.